The Balaban J connectivity index is 3.05. The highest BCUT2D eigenvalue weighted by Crippen LogP contribution is 2.03. The fourth-order valence-electron chi connectivity index (χ4n) is 0.906. The number of aromatic carboxylic acids is 1. The van der Waals surface area contributed by atoms with Gasteiger partial charge in [-0.3, -0.25) is 4.68 Å². The van der Waals surface area contributed by atoms with Crippen molar-refractivity contribution >= 4 is 5.97 Å². The van der Waals surface area contributed by atoms with Gasteiger partial charge in [-0.05, 0) is 19.8 Å². The van der Waals surface area contributed by atoms with E-state index in [1.165, 1.54) is 10.7 Å². The molecule has 0 bridgehead atoms. The molecule has 1 rings (SSSR count). The number of rotatable bonds is 1. The van der Waals surface area contributed by atoms with Crippen LogP contribution in [0.2, 0.25) is 0 Å². The summed E-state index contributed by atoms with van der Waals surface area (Å²) in [4.78, 5) is 10.6. The van der Waals surface area contributed by atoms with E-state index in [1.54, 1.807) is 20.9 Å². The number of aliphatic hydroxyl groups is 1. The van der Waals surface area contributed by atoms with E-state index in [-0.39, 0.29) is 5.69 Å². The van der Waals surface area contributed by atoms with E-state index in [0.29, 0.717) is 5.69 Å². The van der Waals surface area contributed by atoms with E-state index in [0.717, 1.165) is 0 Å². The van der Waals surface area contributed by atoms with E-state index in [9.17, 15) is 9.90 Å². The lowest BCUT2D eigenvalue weighted by atomic mass is 10.1. The molecule has 0 aliphatic heterocycles. The summed E-state index contributed by atoms with van der Waals surface area (Å²) in [5, 5.41) is 21.8. The van der Waals surface area contributed by atoms with Crippen molar-refractivity contribution in [2.24, 2.45) is 7.05 Å². The fraction of sp³-hybridized carbons (Fsp3) is 0.400. The van der Waals surface area contributed by atoms with Crippen LogP contribution in [0.15, 0.2) is 6.07 Å². The van der Waals surface area contributed by atoms with Crippen molar-refractivity contribution in [2.45, 2.75) is 19.4 Å². The van der Waals surface area contributed by atoms with Crippen LogP contribution in [0, 0.1) is 11.8 Å². The minimum Gasteiger partial charge on any atom is -0.476 e. The Hall–Kier alpha value is -1.80. The second-order valence-electron chi connectivity index (χ2n) is 3.65. The highest BCUT2D eigenvalue weighted by atomic mass is 16.4. The van der Waals surface area contributed by atoms with Gasteiger partial charge in [-0.1, -0.05) is 5.92 Å². The second-order valence-corrected chi connectivity index (χ2v) is 3.65. The van der Waals surface area contributed by atoms with Crippen molar-refractivity contribution in [3.05, 3.63) is 17.5 Å². The van der Waals surface area contributed by atoms with E-state index in [1.807, 2.05) is 0 Å². The number of carboxylic acids is 1. The first-order chi connectivity index (χ1) is 6.79. The molecule has 0 saturated heterocycles. The molecule has 0 spiro atoms. The van der Waals surface area contributed by atoms with Crippen molar-refractivity contribution < 1.29 is 15.0 Å². The average Bonchev–Trinajstić information content (AvgIpc) is 2.42. The monoisotopic (exact) mass is 208 g/mol. The molecule has 80 valence electrons. The van der Waals surface area contributed by atoms with E-state index in [4.69, 9.17) is 5.11 Å². The smallest absolute Gasteiger partial charge is 0.356 e. The van der Waals surface area contributed by atoms with Crippen LogP contribution in [0.3, 0.4) is 0 Å². The second kappa shape index (κ2) is 3.75. The van der Waals surface area contributed by atoms with Gasteiger partial charge >= 0.3 is 5.97 Å². The van der Waals surface area contributed by atoms with Crippen molar-refractivity contribution in [2.75, 3.05) is 0 Å². The van der Waals surface area contributed by atoms with Crippen LogP contribution in [0.25, 0.3) is 0 Å². The van der Waals surface area contributed by atoms with E-state index in [2.05, 4.69) is 16.9 Å². The fourth-order valence-corrected chi connectivity index (χ4v) is 0.906. The van der Waals surface area contributed by atoms with Gasteiger partial charge in [0.1, 0.15) is 11.3 Å². The van der Waals surface area contributed by atoms with Gasteiger partial charge in [-0.2, -0.15) is 5.10 Å². The maximum atomic E-state index is 10.6. The van der Waals surface area contributed by atoms with Crippen LogP contribution in [-0.2, 0) is 7.05 Å². The molecule has 2 N–H and O–H groups in total. The molecule has 5 nitrogen and oxygen atoms in total. The number of carboxylic acid groups (broad SMARTS) is 1. The molecule has 0 radical (unpaired) electrons. The average molecular weight is 208 g/mol. The molecule has 1 heterocycles. The Morgan fingerprint density at radius 1 is 1.60 bits per heavy atom. The van der Waals surface area contributed by atoms with Crippen molar-refractivity contribution in [3.8, 4) is 11.8 Å². The number of nitrogens with zero attached hydrogens (tertiary/aromatic N) is 2. The van der Waals surface area contributed by atoms with Crippen LogP contribution >= 0.6 is 0 Å². The molecule has 1 aromatic heterocycles. The lowest BCUT2D eigenvalue weighted by Crippen LogP contribution is -2.14. The molecule has 0 atom stereocenters. The standard InChI is InChI=1S/C10H12N2O3/c1-10(2,15)5-4-7-6-8(9(13)14)11-12(7)3/h6,15H,1-3H3,(H,13,14). The maximum absolute atomic E-state index is 10.6. The first-order valence-corrected chi connectivity index (χ1v) is 4.32. The Morgan fingerprint density at radius 3 is 2.60 bits per heavy atom. The summed E-state index contributed by atoms with van der Waals surface area (Å²) in [7, 11) is 1.60. The lowest BCUT2D eigenvalue weighted by Gasteiger charge is -2.05. The SMILES string of the molecule is Cn1nc(C(=O)O)cc1C#CC(C)(C)O. The van der Waals surface area contributed by atoms with Gasteiger partial charge < -0.3 is 10.2 Å². The summed E-state index contributed by atoms with van der Waals surface area (Å²) in [6, 6.07) is 1.36. The summed E-state index contributed by atoms with van der Waals surface area (Å²) in [6.07, 6.45) is 0. The first-order valence-electron chi connectivity index (χ1n) is 4.32. The summed E-state index contributed by atoms with van der Waals surface area (Å²) < 4.78 is 1.36. The van der Waals surface area contributed by atoms with Gasteiger partial charge in [-0.15, -0.1) is 0 Å². The summed E-state index contributed by atoms with van der Waals surface area (Å²) in [5.74, 6) is 4.15. The van der Waals surface area contributed by atoms with Gasteiger partial charge in [-0.25, -0.2) is 4.79 Å². The third-order valence-electron chi connectivity index (χ3n) is 1.60. The summed E-state index contributed by atoms with van der Waals surface area (Å²) in [6.45, 7) is 3.10. The molecule has 0 fully saturated rings. The molecule has 0 aliphatic rings. The Bertz CT molecular complexity index is 443. The predicted molar refractivity (Wildman–Crippen MR) is 53.3 cm³/mol. The first kappa shape index (κ1) is 11.3. The number of aromatic nitrogens is 2. The van der Waals surface area contributed by atoms with Gasteiger partial charge in [0.25, 0.3) is 0 Å². The lowest BCUT2D eigenvalue weighted by molar-refractivity contribution is 0.0689. The van der Waals surface area contributed by atoms with Gasteiger partial charge in [0.05, 0.1) is 0 Å². The number of hydrogen-bond donors (Lipinski definition) is 2. The van der Waals surface area contributed by atoms with Crippen molar-refractivity contribution in [1.82, 2.24) is 9.78 Å². The largest absolute Gasteiger partial charge is 0.476 e. The number of aryl methyl sites for hydroxylation is 1. The zero-order valence-corrected chi connectivity index (χ0v) is 8.77. The van der Waals surface area contributed by atoms with Gasteiger partial charge in [0, 0.05) is 13.1 Å². The number of hydrogen-bond acceptors (Lipinski definition) is 3. The molecule has 5 heteroatoms. The topological polar surface area (TPSA) is 75.4 Å². The molecular formula is C10H12N2O3. The molecule has 0 amide bonds. The predicted octanol–water partition coefficient (Wildman–Crippen LogP) is 0.241. The van der Waals surface area contributed by atoms with Crippen molar-refractivity contribution in [1.29, 1.82) is 0 Å². The van der Waals surface area contributed by atoms with Crippen molar-refractivity contribution in [3.63, 3.8) is 0 Å². The third-order valence-corrected chi connectivity index (χ3v) is 1.60. The van der Waals surface area contributed by atoms with Crippen LogP contribution < -0.4 is 0 Å². The van der Waals surface area contributed by atoms with Crippen LogP contribution in [-0.4, -0.2) is 31.6 Å². The molecule has 15 heavy (non-hydrogen) atoms. The summed E-state index contributed by atoms with van der Waals surface area (Å²) >= 11 is 0. The Kier molecular flexibility index (Phi) is 2.82. The Morgan fingerprint density at radius 2 is 2.20 bits per heavy atom. The third kappa shape index (κ3) is 3.11. The molecule has 0 saturated carbocycles. The van der Waals surface area contributed by atoms with Crippen LogP contribution in [0.5, 0.6) is 0 Å². The van der Waals surface area contributed by atoms with Gasteiger partial charge in [0.2, 0.25) is 0 Å². The Labute approximate surface area is 87.3 Å². The van der Waals surface area contributed by atoms with Crippen LogP contribution in [0.4, 0.5) is 0 Å². The molecule has 0 unspecified atom stereocenters. The molecule has 0 aromatic carbocycles. The van der Waals surface area contributed by atoms with Crippen LogP contribution in [0.1, 0.15) is 30.0 Å². The minimum absolute atomic E-state index is 0.0578. The summed E-state index contributed by atoms with van der Waals surface area (Å²) in [5.41, 5.74) is -0.708. The molecule has 1 aromatic rings. The zero-order chi connectivity index (χ0) is 11.6. The molecule has 0 aliphatic carbocycles. The van der Waals surface area contributed by atoms with E-state index < -0.39 is 11.6 Å². The minimum atomic E-state index is -1.10. The number of carbonyl (C=O) groups is 1. The molecular weight excluding hydrogens is 196 g/mol. The quantitative estimate of drug-likeness (QED) is 0.648. The maximum Gasteiger partial charge on any atom is 0.356 e. The highest BCUT2D eigenvalue weighted by Gasteiger charge is 2.10. The zero-order valence-electron chi connectivity index (χ0n) is 8.77. The van der Waals surface area contributed by atoms with Gasteiger partial charge in [0.15, 0.2) is 5.69 Å². The highest BCUT2D eigenvalue weighted by molar-refractivity contribution is 5.85. The van der Waals surface area contributed by atoms with E-state index >= 15 is 0 Å². The normalized spacial score (nSPS) is 10.7.